The van der Waals surface area contributed by atoms with Crippen molar-refractivity contribution in [2.45, 2.75) is 70.1 Å². The second kappa shape index (κ2) is 13.0. The summed E-state index contributed by atoms with van der Waals surface area (Å²) in [7, 11) is 0. The van der Waals surface area contributed by atoms with Gasteiger partial charge in [0.25, 0.3) is 0 Å². The van der Waals surface area contributed by atoms with Crippen LogP contribution in [0.2, 0.25) is 0 Å². The Morgan fingerprint density at radius 1 is 0.759 bits per heavy atom. The molecule has 1 aliphatic rings. The molecule has 0 saturated carbocycles. The molecule has 0 spiro atoms. The molecule has 1 heterocycles. The smallest absolute Gasteiger partial charge is 0.0731 e. The molecule has 0 aromatic heterocycles. The van der Waals surface area contributed by atoms with E-state index in [0.29, 0.717) is 39.3 Å². The maximum absolute atomic E-state index is 10.5. The first-order valence-electron chi connectivity index (χ1n) is 10.4. The SMILES string of the molecule is CC1CNC(N)CNC(N)CNC(N)CNC(N)CNC(NC(C)(C)C)CN1O. The van der Waals surface area contributed by atoms with Gasteiger partial charge in [-0.3, -0.25) is 31.9 Å². The van der Waals surface area contributed by atoms with E-state index in [-0.39, 0.29) is 42.4 Å². The number of rotatable bonds is 1. The van der Waals surface area contributed by atoms with Gasteiger partial charge in [0.2, 0.25) is 0 Å². The van der Waals surface area contributed by atoms with Crippen LogP contribution in [0.4, 0.5) is 0 Å². The van der Waals surface area contributed by atoms with Crippen molar-refractivity contribution in [1.29, 1.82) is 0 Å². The summed E-state index contributed by atoms with van der Waals surface area (Å²) in [5.74, 6) is 0. The lowest BCUT2D eigenvalue weighted by molar-refractivity contribution is -0.129. The zero-order valence-corrected chi connectivity index (χ0v) is 18.4. The van der Waals surface area contributed by atoms with Crippen LogP contribution in [0.1, 0.15) is 27.7 Å². The van der Waals surface area contributed by atoms with E-state index in [9.17, 15) is 5.21 Å². The van der Waals surface area contributed by atoms with Crippen molar-refractivity contribution in [3.8, 4) is 0 Å². The van der Waals surface area contributed by atoms with Crippen LogP contribution in [-0.2, 0) is 0 Å². The Morgan fingerprint density at radius 3 is 1.55 bits per heavy atom. The highest BCUT2D eigenvalue weighted by atomic mass is 16.5. The Kier molecular flexibility index (Phi) is 11.9. The molecule has 1 rings (SSSR count). The van der Waals surface area contributed by atoms with Crippen LogP contribution in [0, 0.1) is 0 Å². The van der Waals surface area contributed by atoms with E-state index < -0.39 is 0 Å². The molecular formula is C17H45N11O. The molecule has 15 N–H and O–H groups in total. The Morgan fingerprint density at radius 2 is 1.14 bits per heavy atom. The predicted octanol–water partition coefficient (Wildman–Crippen LogP) is -4.12. The Balaban J connectivity index is 2.75. The van der Waals surface area contributed by atoms with Crippen molar-refractivity contribution in [3.63, 3.8) is 0 Å². The molecular weight excluding hydrogens is 374 g/mol. The quantitative estimate of drug-likeness (QED) is 0.196. The molecule has 1 fully saturated rings. The van der Waals surface area contributed by atoms with Gasteiger partial charge in [-0.2, -0.15) is 5.06 Å². The normalized spacial score (nSPS) is 36.3. The van der Waals surface area contributed by atoms with Crippen molar-refractivity contribution >= 4 is 0 Å². The highest BCUT2D eigenvalue weighted by Crippen LogP contribution is 2.03. The van der Waals surface area contributed by atoms with Crippen molar-refractivity contribution in [2.75, 3.05) is 39.3 Å². The van der Waals surface area contributed by atoms with Gasteiger partial charge in [0, 0.05) is 44.3 Å². The Labute approximate surface area is 175 Å². The summed E-state index contributed by atoms with van der Waals surface area (Å²) in [6.07, 6.45) is -1.29. The van der Waals surface area contributed by atoms with Crippen molar-refractivity contribution < 1.29 is 5.21 Å². The Hall–Kier alpha value is -0.480. The van der Waals surface area contributed by atoms with E-state index in [4.69, 9.17) is 22.9 Å². The molecule has 0 aromatic carbocycles. The van der Waals surface area contributed by atoms with Crippen LogP contribution in [0.3, 0.4) is 0 Å². The number of hydrogen-bond acceptors (Lipinski definition) is 12. The fourth-order valence-corrected chi connectivity index (χ4v) is 2.87. The topological polar surface area (TPSA) is 200 Å². The first kappa shape index (κ1) is 26.6. The van der Waals surface area contributed by atoms with Crippen molar-refractivity contribution in [1.82, 2.24) is 37.0 Å². The van der Waals surface area contributed by atoms with E-state index in [1.807, 2.05) is 6.92 Å². The minimum atomic E-state index is -0.290. The minimum Gasteiger partial charge on any atom is -0.315 e. The highest BCUT2D eigenvalue weighted by Gasteiger charge is 2.22. The van der Waals surface area contributed by atoms with Gasteiger partial charge >= 0.3 is 0 Å². The molecule has 0 aliphatic carbocycles. The second-order valence-electron chi connectivity index (χ2n) is 8.89. The number of nitrogens with two attached hydrogens (primary N) is 4. The molecule has 29 heavy (non-hydrogen) atoms. The van der Waals surface area contributed by atoms with Gasteiger partial charge in [0.15, 0.2) is 0 Å². The summed E-state index contributed by atoms with van der Waals surface area (Å²) in [5.41, 5.74) is 24.2. The zero-order chi connectivity index (χ0) is 22.0. The van der Waals surface area contributed by atoms with E-state index in [0.717, 1.165) is 0 Å². The van der Waals surface area contributed by atoms with Crippen molar-refractivity contribution in [2.24, 2.45) is 22.9 Å². The van der Waals surface area contributed by atoms with Gasteiger partial charge in [-0.05, 0) is 27.7 Å². The number of nitrogens with one attached hydrogen (secondary N) is 6. The molecule has 6 unspecified atom stereocenters. The molecule has 0 amide bonds. The largest absolute Gasteiger partial charge is 0.315 e. The molecule has 6 atom stereocenters. The van der Waals surface area contributed by atoms with Gasteiger partial charge in [-0.15, -0.1) is 0 Å². The summed E-state index contributed by atoms with van der Waals surface area (Å²) in [6, 6.07) is -0.133. The average Bonchev–Trinajstić information content (AvgIpc) is 2.63. The maximum atomic E-state index is 10.5. The number of hydroxylamine groups is 2. The fraction of sp³-hybridized carbons (Fsp3) is 1.00. The average molecular weight is 420 g/mol. The first-order valence-corrected chi connectivity index (χ1v) is 10.4. The molecule has 12 nitrogen and oxygen atoms in total. The van der Waals surface area contributed by atoms with Crippen LogP contribution in [0.5, 0.6) is 0 Å². The third kappa shape index (κ3) is 12.7. The summed E-state index contributed by atoms with van der Waals surface area (Å²) >= 11 is 0. The van der Waals surface area contributed by atoms with Gasteiger partial charge < -0.3 is 28.1 Å². The Bertz CT molecular complexity index is 436. The third-order valence-corrected chi connectivity index (χ3v) is 4.55. The van der Waals surface area contributed by atoms with Gasteiger partial charge in [0.1, 0.15) is 0 Å². The standard InChI is InChI=1S/C17H45N11O/c1-11-5-22-12(18)6-23-13(19)7-24-14(20)8-25-15(21)9-26-16(10-28(11)29)27-17(2,3)4/h11-16,22-27,29H,5-10,18-21H2,1-4H3. The molecule has 1 saturated heterocycles. The van der Waals surface area contributed by atoms with Crippen molar-refractivity contribution in [3.05, 3.63) is 0 Å². The lowest BCUT2D eigenvalue weighted by Gasteiger charge is -2.34. The van der Waals surface area contributed by atoms with E-state index in [1.165, 1.54) is 5.06 Å². The fourth-order valence-electron chi connectivity index (χ4n) is 2.87. The number of hydrogen-bond donors (Lipinski definition) is 11. The van der Waals surface area contributed by atoms with Gasteiger partial charge in [-0.1, -0.05) is 0 Å². The van der Waals surface area contributed by atoms with Crippen LogP contribution in [0.15, 0.2) is 0 Å². The van der Waals surface area contributed by atoms with E-state index >= 15 is 0 Å². The van der Waals surface area contributed by atoms with Crippen LogP contribution >= 0.6 is 0 Å². The predicted molar refractivity (Wildman–Crippen MR) is 117 cm³/mol. The monoisotopic (exact) mass is 419 g/mol. The minimum absolute atomic E-state index is 0.131. The van der Waals surface area contributed by atoms with E-state index in [2.05, 4.69) is 52.7 Å². The van der Waals surface area contributed by atoms with Crippen LogP contribution in [0.25, 0.3) is 0 Å². The summed E-state index contributed by atoms with van der Waals surface area (Å²) < 4.78 is 0. The lowest BCUT2D eigenvalue weighted by Crippen LogP contribution is -2.62. The highest BCUT2D eigenvalue weighted by molar-refractivity contribution is 4.81. The maximum Gasteiger partial charge on any atom is 0.0731 e. The summed E-state index contributed by atoms with van der Waals surface area (Å²) in [6.45, 7) is 11.1. The summed E-state index contributed by atoms with van der Waals surface area (Å²) in [4.78, 5) is 0. The molecule has 0 bridgehead atoms. The molecule has 0 aromatic rings. The van der Waals surface area contributed by atoms with E-state index in [1.54, 1.807) is 0 Å². The van der Waals surface area contributed by atoms with Gasteiger partial charge in [-0.25, -0.2) is 0 Å². The molecule has 0 radical (unpaired) electrons. The molecule has 1 aliphatic heterocycles. The molecule has 12 heteroatoms. The lowest BCUT2D eigenvalue weighted by atomic mass is 10.1. The van der Waals surface area contributed by atoms with Crippen LogP contribution < -0.4 is 54.8 Å². The third-order valence-electron chi connectivity index (χ3n) is 4.55. The second-order valence-corrected chi connectivity index (χ2v) is 8.89. The summed E-state index contributed by atoms with van der Waals surface area (Å²) in [5, 5.41) is 31.4. The van der Waals surface area contributed by atoms with Gasteiger partial charge in [0.05, 0.1) is 37.4 Å². The molecule has 174 valence electrons. The first-order chi connectivity index (χ1) is 13.5. The number of nitrogens with zero attached hydrogens (tertiary/aromatic N) is 1. The van der Waals surface area contributed by atoms with Crippen LogP contribution in [-0.4, -0.2) is 91.9 Å². The zero-order valence-electron chi connectivity index (χ0n) is 18.4.